The second kappa shape index (κ2) is 19.0. The number of alkyl halides is 3. The van der Waals surface area contributed by atoms with E-state index < -0.39 is 92.2 Å². The van der Waals surface area contributed by atoms with E-state index in [1.54, 1.807) is 68.6 Å². The number of methoxy groups -OCH3 is 1. The van der Waals surface area contributed by atoms with E-state index in [0.717, 1.165) is 4.90 Å². The third-order valence-electron chi connectivity index (χ3n) is 13.0. The smallest absolute Gasteiger partial charge is 0.427 e. The quantitative estimate of drug-likeness (QED) is 0.171. The minimum absolute atomic E-state index is 0.0493. The number of aromatic nitrogens is 2. The summed E-state index contributed by atoms with van der Waals surface area (Å²) in [6.07, 6.45) is -2.80. The van der Waals surface area contributed by atoms with E-state index in [-0.39, 0.29) is 37.8 Å². The molecule has 2 aromatic heterocycles. The molecule has 370 valence electrons. The number of nitrogens with one attached hydrogen (secondary N) is 3. The van der Waals surface area contributed by atoms with Crippen LogP contribution in [0, 0.1) is 5.92 Å². The van der Waals surface area contributed by atoms with Crippen molar-refractivity contribution in [3.8, 4) is 28.8 Å². The second-order valence-corrected chi connectivity index (χ2v) is 21.2. The van der Waals surface area contributed by atoms with Crippen LogP contribution in [0.15, 0.2) is 54.7 Å². The highest BCUT2D eigenvalue weighted by atomic mass is 32.2. The van der Waals surface area contributed by atoms with Gasteiger partial charge < -0.3 is 39.2 Å². The Kier molecular flexibility index (Phi) is 14.0. The molecule has 0 bridgehead atoms. The summed E-state index contributed by atoms with van der Waals surface area (Å²) in [5.41, 5.74) is -3.80. The van der Waals surface area contributed by atoms with E-state index in [0.29, 0.717) is 73.2 Å². The van der Waals surface area contributed by atoms with Gasteiger partial charge in [0.05, 0.1) is 54.3 Å². The maximum atomic E-state index is 15.1. The molecule has 7 atom stereocenters. The summed E-state index contributed by atoms with van der Waals surface area (Å²) in [7, 11) is -2.62. The maximum Gasteiger partial charge on any atom is 0.427 e. The zero-order chi connectivity index (χ0) is 49.6. The molecule has 3 N–H and O–H groups in total. The Hall–Kier alpha value is -5.70. The number of pyridine rings is 2. The fraction of sp³-hybridized carbons (Fsp3) is 0.574. The number of carbonyl (C=O) groups is 4. The lowest BCUT2D eigenvalue weighted by molar-refractivity contribution is -0.244. The van der Waals surface area contributed by atoms with Crippen molar-refractivity contribution in [3.63, 3.8) is 0 Å². The molecule has 21 heteroatoms. The summed E-state index contributed by atoms with van der Waals surface area (Å²) < 4.78 is 98.6. The lowest BCUT2D eigenvalue weighted by Crippen LogP contribution is -2.61. The predicted molar refractivity (Wildman–Crippen MR) is 242 cm³/mol. The van der Waals surface area contributed by atoms with Gasteiger partial charge in [0.1, 0.15) is 35.2 Å². The summed E-state index contributed by atoms with van der Waals surface area (Å²) in [4.78, 5) is 67.9. The van der Waals surface area contributed by atoms with Gasteiger partial charge in [-0.25, -0.2) is 18.2 Å². The predicted octanol–water partition coefficient (Wildman–Crippen LogP) is 6.28. The van der Waals surface area contributed by atoms with Crippen molar-refractivity contribution in [1.29, 1.82) is 0 Å². The lowest BCUT2D eigenvalue weighted by Gasteiger charge is -2.35. The van der Waals surface area contributed by atoms with E-state index in [1.165, 1.54) is 14.0 Å². The van der Waals surface area contributed by atoms with Crippen molar-refractivity contribution in [1.82, 2.24) is 30.2 Å². The molecule has 7 rings (SSSR count). The van der Waals surface area contributed by atoms with Crippen molar-refractivity contribution < 1.29 is 64.5 Å². The summed E-state index contributed by atoms with van der Waals surface area (Å²) in [6.45, 7) is 9.72. The minimum atomic E-state index is -4.97. The van der Waals surface area contributed by atoms with E-state index in [4.69, 9.17) is 28.7 Å². The first-order valence-electron chi connectivity index (χ1n) is 22.8. The standard InChI is InChI=1S/C47H59F3N6O11S/c1-9-37-38(53-43(60)67-44(5,6)47(48,49)50)41(58)56-25-32(66-40-33-16-14-30(63-8)20-28(33)21-35(52-40)34-17-15-31(24-51-34)64-26(2)3)22-36(56)39(57)54-46(23-29(46)13-11-10-12-27(4)65-37)42(59)55-68(61,62)45(7)18-19-45/h11,13-17,20-21,24,26-27,29,32,36-38H,9-10,12,18-19,22-23,25H2,1-8H3,(H,53,60)(H,54,57)(H,55,59)/b13-11-/t27-,29+,32+,36-,37-,38-,46+/m0/s1. The lowest BCUT2D eigenvalue weighted by atomic mass is 10.0. The Labute approximate surface area is 393 Å². The largest absolute Gasteiger partial charge is 0.497 e. The minimum Gasteiger partial charge on any atom is -0.497 e. The number of hydrogen-bond donors (Lipinski definition) is 3. The molecule has 0 radical (unpaired) electrons. The van der Waals surface area contributed by atoms with Gasteiger partial charge in [-0.15, -0.1) is 0 Å². The van der Waals surface area contributed by atoms with Crippen LogP contribution in [0.4, 0.5) is 18.0 Å². The van der Waals surface area contributed by atoms with E-state index in [1.807, 2.05) is 13.8 Å². The van der Waals surface area contributed by atoms with Crippen LogP contribution < -0.4 is 29.6 Å². The van der Waals surface area contributed by atoms with Gasteiger partial charge in [0.15, 0.2) is 0 Å². The molecule has 1 saturated heterocycles. The van der Waals surface area contributed by atoms with E-state index in [2.05, 4.69) is 20.3 Å². The molecule has 0 spiro atoms. The molecule has 3 fully saturated rings. The highest BCUT2D eigenvalue weighted by Gasteiger charge is 2.63. The van der Waals surface area contributed by atoms with E-state index in [9.17, 15) is 36.0 Å². The number of benzene rings is 1. The Balaban J connectivity index is 1.28. The monoisotopic (exact) mass is 972 g/mol. The summed E-state index contributed by atoms with van der Waals surface area (Å²) in [6, 6.07) is 7.37. The Morgan fingerprint density at radius 2 is 1.79 bits per heavy atom. The molecule has 2 saturated carbocycles. The number of amides is 4. The molecule has 4 aliphatic rings. The van der Waals surface area contributed by atoms with Gasteiger partial charge in [0.2, 0.25) is 33.3 Å². The van der Waals surface area contributed by atoms with Crippen LogP contribution in [0.1, 0.15) is 93.4 Å². The van der Waals surface area contributed by atoms with Crippen molar-refractivity contribution in [2.24, 2.45) is 5.92 Å². The van der Waals surface area contributed by atoms with Gasteiger partial charge in [-0.1, -0.05) is 19.1 Å². The molecule has 3 aromatic rings. The molecule has 68 heavy (non-hydrogen) atoms. The fourth-order valence-electron chi connectivity index (χ4n) is 8.33. The van der Waals surface area contributed by atoms with Crippen molar-refractivity contribution in [2.75, 3.05) is 13.7 Å². The highest BCUT2D eigenvalue weighted by molar-refractivity contribution is 7.91. The Morgan fingerprint density at radius 1 is 1.07 bits per heavy atom. The average molecular weight is 973 g/mol. The molecular formula is C47H59F3N6O11S. The molecular weight excluding hydrogens is 914 g/mol. The van der Waals surface area contributed by atoms with Gasteiger partial charge in [-0.2, -0.15) is 13.2 Å². The molecule has 4 amide bonds. The van der Waals surface area contributed by atoms with Crippen molar-refractivity contribution >= 4 is 44.6 Å². The maximum absolute atomic E-state index is 15.1. The topological polar surface area (TPSA) is 214 Å². The first-order valence-corrected chi connectivity index (χ1v) is 24.2. The molecule has 17 nitrogen and oxygen atoms in total. The molecule has 0 unspecified atom stereocenters. The normalized spacial score (nSPS) is 26.9. The average Bonchev–Trinajstić information content (AvgIpc) is 4.15. The van der Waals surface area contributed by atoms with Gasteiger partial charge in [-0.05, 0) is 122 Å². The van der Waals surface area contributed by atoms with Gasteiger partial charge in [-0.3, -0.25) is 24.1 Å². The molecule has 1 aromatic carbocycles. The number of alkyl carbamates (subject to hydrolysis) is 1. The van der Waals surface area contributed by atoms with E-state index >= 15 is 4.79 Å². The number of nitrogens with zero attached hydrogens (tertiary/aromatic N) is 3. The number of rotatable bonds is 12. The SMILES string of the molecule is CC[C@@H]1O[C@@H](C)CC/C=C\[C@@H]2C[C@@]2(C(=O)NS(=O)(=O)C2(C)CC2)NC(=O)[C@@H]2C[C@@H](Oc3nc(-c4ccc(OC(C)C)cn4)cc4cc(OC)ccc34)CN2C(=O)[C@H]1NC(=O)OC(C)(C)C(F)(F)F. The Bertz CT molecular complexity index is 2550. The number of fused-ring (bicyclic) bond motifs is 3. The van der Waals surface area contributed by atoms with Crippen LogP contribution in [0.25, 0.3) is 22.2 Å². The van der Waals surface area contributed by atoms with Gasteiger partial charge >= 0.3 is 12.3 Å². The third kappa shape index (κ3) is 10.6. The number of carbonyl (C=O) groups excluding carboxylic acids is 4. The van der Waals surface area contributed by atoms with Gasteiger partial charge in [0, 0.05) is 17.7 Å². The Morgan fingerprint density at radius 3 is 2.43 bits per heavy atom. The first kappa shape index (κ1) is 50.2. The van der Waals surface area contributed by atoms with Crippen LogP contribution in [0.2, 0.25) is 0 Å². The molecule has 2 aliphatic heterocycles. The van der Waals surface area contributed by atoms with Crippen molar-refractivity contribution in [2.45, 2.75) is 152 Å². The number of allylic oxidation sites excluding steroid dienone is 1. The second-order valence-electron chi connectivity index (χ2n) is 19.0. The highest BCUT2D eigenvalue weighted by Crippen LogP contribution is 2.48. The van der Waals surface area contributed by atoms with Crippen LogP contribution in [-0.4, -0.2) is 119 Å². The number of ether oxygens (including phenoxy) is 5. The van der Waals surface area contributed by atoms with Gasteiger partial charge in [0.25, 0.3) is 5.91 Å². The number of sulfonamides is 1. The third-order valence-corrected chi connectivity index (χ3v) is 15.1. The number of hydrogen-bond acceptors (Lipinski definition) is 13. The zero-order valence-corrected chi connectivity index (χ0v) is 40.1. The fourth-order valence-corrected chi connectivity index (χ4v) is 9.64. The van der Waals surface area contributed by atoms with Crippen LogP contribution in [0.3, 0.4) is 0 Å². The van der Waals surface area contributed by atoms with Crippen LogP contribution in [0.5, 0.6) is 17.4 Å². The van der Waals surface area contributed by atoms with Crippen LogP contribution >= 0.6 is 0 Å². The summed E-state index contributed by atoms with van der Waals surface area (Å²) in [5, 5.41) is 6.31. The molecule has 4 heterocycles. The zero-order valence-electron chi connectivity index (χ0n) is 39.3. The first-order chi connectivity index (χ1) is 31.9. The summed E-state index contributed by atoms with van der Waals surface area (Å²) in [5.74, 6) is -2.13. The molecule has 2 aliphatic carbocycles. The van der Waals surface area contributed by atoms with Crippen molar-refractivity contribution in [3.05, 3.63) is 54.7 Å². The summed E-state index contributed by atoms with van der Waals surface area (Å²) >= 11 is 0. The van der Waals surface area contributed by atoms with Crippen LogP contribution in [-0.2, 0) is 33.9 Å². The number of halogens is 3.